The van der Waals surface area contributed by atoms with E-state index >= 15 is 0 Å². The highest BCUT2D eigenvalue weighted by molar-refractivity contribution is 7.89. The van der Waals surface area contributed by atoms with Crippen LogP contribution in [-0.2, 0) is 21.0 Å². The van der Waals surface area contributed by atoms with Crippen molar-refractivity contribution in [3.63, 3.8) is 0 Å². The Kier molecular flexibility index (Phi) is 6.45. The van der Waals surface area contributed by atoms with Gasteiger partial charge in [0.25, 0.3) is 0 Å². The summed E-state index contributed by atoms with van der Waals surface area (Å²) in [6.45, 7) is -0.0464. The lowest BCUT2D eigenvalue weighted by Gasteiger charge is -2.30. The molecule has 1 amide bonds. The maximum atomic E-state index is 14.4. The minimum absolute atomic E-state index is 0.0232. The molecule has 3 aromatic rings. The van der Waals surface area contributed by atoms with Gasteiger partial charge in [-0.3, -0.25) is 4.79 Å². The summed E-state index contributed by atoms with van der Waals surface area (Å²) in [5, 5.41) is 2.64. The van der Waals surface area contributed by atoms with Gasteiger partial charge in [0.05, 0.1) is 22.5 Å². The van der Waals surface area contributed by atoms with Crippen LogP contribution in [-0.4, -0.2) is 41.3 Å². The van der Waals surface area contributed by atoms with E-state index in [1.165, 1.54) is 29.2 Å². The fourth-order valence-corrected chi connectivity index (χ4v) is 5.30. The molecule has 1 aliphatic rings. The average molecular weight is 496 g/mol. The lowest BCUT2D eigenvalue weighted by Crippen LogP contribution is -2.41. The zero-order valence-corrected chi connectivity index (χ0v) is 18.5. The summed E-state index contributed by atoms with van der Waals surface area (Å²) < 4.78 is 81.5. The van der Waals surface area contributed by atoms with E-state index in [2.05, 4.69) is 10.3 Å². The van der Waals surface area contributed by atoms with Gasteiger partial charge in [-0.1, -0.05) is 6.07 Å². The fraction of sp³-hybridized carbons (Fsp3) is 0.273. The van der Waals surface area contributed by atoms with E-state index in [1.807, 2.05) is 0 Å². The minimum Gasteiger partial charge on any atom is -0.326 e. The van der Waals surface area contributed by atoms with E-state index in [0.29, 0.717) is 6.07 Å². The Morgan fingerprint density at radius 2 is 1.82 bits per heavy atom. The van der Waals surface area contributed by atoms with Gasteiger partial charge in [-0.2, -0.15) is 17.5 Å². The zero-order chi connectivity index (χ0) is 24.5. The number of piperidine rings is 1. The minimum atomic E-state index is -4.66. The van der Waals surface area contributed by atoms with Crippen LogP contribution in [0.2, 0.25) is 0 Å². The maximum Gasteiger partial charge on any atom is 0.416 e. The first-order valence-electron chi connectivity index (χ1n) is 10.3. The summed E-state index contributed by atoms with van der Waals surface area (Å²) >= 11 is 0. The molecule has 4 rings (SSSR count). The van der Waals surface area contributed by atoms with E-state index in [-0.39, 0.29) is 43.2 Å². The molecule has 0 saturated carbocycles. The van der Waals surface area contributed by atoms with Crippen molar-refractivity contribution in [3.05, 3.63) is 72.6 Å². The summed E-state index contributed by atoms with van der Waals surface area (Å²) in [6, 6.07) is 7.80. The number of benzene rings is 2. The summed E-state index contributed by atoms with van der Waals surface area (Å²) in [5.74, 6) is -1.46. The van der Waals surface area contributed by atoms with Crippen LogP contribution in [0.5, 0.6) is 0 Å². The van der Waals surface area contributed by atoms with Crippen LogP contribution in [0, 0.1) is 11.7 Å². The Morgan fingerprint density at radius 1 is 1.09 bits per heavy atom. The van der Waals surface area contributed by atoms with Crippen LogP contribution < -0.4 is 5.32 Å². The lowest BCUT2D eigenvalue weighted by molar-refractivity contribution is -0.137. The predicted octanol–water partition coefficient (Wildman–Crippen LogP) is 4.07. The number of halogens is 4. The second-order valence-corrected chi connectivity index (χ2v) is 9.77. The van der Waals surface area contributed by atoms with E-state index < -0.39 is 38.4 Å². The molecule has 1 N–H and O–H groups in total. The van der Waals surface area contributed by atoms with Crippen molar-refractivity contribution < 1.29 is 30.8 Å². The van der Waals surface area contributed by atoms with Crippen molar-refractivity contribution in [2.45, 2.75) is 23.9 Å². The molecule has 2 aromatic carbocycles. The van der Waals surface area contributed by atoms with Crippen LogP contribution in [0.1, 0.15) is 18.4 Å². The molecule has 0 aliphatic carbocycles. The molecule has 0 radical (unpaired) electrons. The number of aromatic nitrogens is 2. The van der Waals surface area contributed by atoms with E-state index in [1.54, 1.807) is 12.3 Å². The highest BCUT2D eigenvalue weighted by Crippen LogP contribution is 2.32. The molecule has 1 fully saturated rings. The smallest absolute Gasteiger partial charge is 0.326 e. The third-order valence-electron chi connectivity index (χ3n) is 5.62. The largest absolute Gasteiger partial charge is 0.416 e. The van der Waals surface area contributed by atoms with Gasteiger partial charge in [0.1, 0.15) is 5.82 Å². The van der Waals surface area contributed by atoms with Gasteiger partial charge in [0.2, 0.25) is 15.9 Å². The predicted molar refractivity (Wildman–Crippen MR) is 115 cm³/mol. The first-order valence-corrected chi connectivity index (χ1v) is 11.8. The average Bonchev–Trinajstić information content (AvgIpc) is 3.33. The van der Waals surface area contributed by atoms with Crippen molar-refractivity contribution in [1.29, 1.82) is 0 Å². The molecular formula is C22H20F4N4O3S. The van der Waals surface area contributed by atoms with Gasteiger partial charge in [-0.25, -0.2) is 17.8 Å². The SMILES string of the molecule is O=C(Nc1ccc(-n2ccnc2)c(F)c1)C1CCN(S(=O)(=O)c2cccc(C(F)(F)F)c2)CC1. The number of nitrogens with zero attached hydrogens (tertiary/aromatic N) is 3. The number of carbonyl (C=O) groups is 1. The molecule has 12 heteroatoms. The monoisotopic (exact) mass is 496 g/mol. The molecule has 2 heterocycles. The van der Waals surface area contributed by atoms with Gasteiger partial charge in [0, 0.05) is 37.1 Å². The van der Waals surface area contributed by atoms with Crippen molar-refractivity contribution in [2.75, 3.05) is 18.4 Å². The van der Waals surface area contributed by atoms with Crippen molar-refractivity contribution in [2.24, 2.45) is 5.92 Å². The second-order valence-electron chi connectivity index (χ2n) is 7.83. The number of amides is 1. The second kappa shape index (κ2) is 9.18. The number of imidazole rings is 1. The lowest BCUT2D eigenvalue weighted by atomic mass is 9.97. The van der Waals surface area contributed by atoms with Gasteiger partial charge >= 0.3 is 6.18 Å². The summed E-state index contributed by atoms with van der Waals surface area (Å²) in [4.78, 5) is 16.0. The molecule has 1 aliphatic heterocycles. The molecule has 0 spiro atoms. The molecule has 0 unspecified atom stereocenters. The number of sulfonamides is 1. The molecule has 34 heavy (non-hydrogen) atoms. The number of anilines is 1. The number of hydrogen-bond acceptors (Lipinski definition) is 4. The highest BCUT2D eigenvalue weighted by Gasteiger charge is 2.35. The van der Waals surface area contributed by atoms with Crippen LogP contribution in [0.3, 0.4) is 0 Å². The highest BCUT2D eigenvalue weighted by atomic mass is 32.2. The maximum absolute atomic E-state index is 14.4. The summed E-state index contributed by atoms with van der Waals surface area (Å²) in [7, 11) is -4.14. The molecule has 7 nitrogen and oxygen atoms in total. The standard InChI is InChI=1S/C22H20F4N4O3S/c23-19-13-17(4-5-20(19)29-11-8-27-14-29)28-21(31)15-6-9-30(10-7-15)34(32,33)18-3-1-2-16(12-18)22(24,25)26/h1-5,8,11-15H,6-7,9-10H2,(H,28,31). The Balaban J connectivity index is 1.39. The fourth-order valence-electron chi connectivity index (χ4n) is 3.78. The third kappa shape index (κ3) is 4.97. The molecule has 1 saturated heterocycles. The van der Waals surface area contributed by atoms with Crippen molar-refractivity contribution >= 4 is 21.6 Å². The van der Waals surface area contributed by atoms with E-state index in [4.69, 9.17) is 0 Å². The molecule has 180 valence electrons. The Bertz CT molecular complexity index is 1290. The molecule has 0 atom stereocenters. The zero-order valence-electron chi connectivity index (χ0n) is 17.7. The van der Waals surface area contributed by atoms with Gasteiger partial charge in [0.15, 0.2) is 0 Å². The Labute approximate surface area is 193 Å². The van der Waals surface area contributed by atoms with Gasteiger partial charge < -0.3 is 9.88 Å². The molecule has 1 aromatic heterocycles. The van der Waals surface area contributed by atoms with Crippen LogP contribution in [0.4, 0.5) is 23.2 Å². The van der Waals surface area contributed by atoms with E-state index in [0.717, 1.165) is 22.5 Å². The summed E-state index contributed by atoms with van der Waals surface area (Å²) in [6.07, 6.45) is 0.233. The number of carbonyl (C=O) groups excluding carboxylic acids is 1. The number of rotatable bonds is 5. The third-order valence-corrected chi connectivity index (χ3v) is 7.52. The van der Waals surface area contributed by atoms with Gasteiger partial charge in [-0.15, -0.1) is 0 Å². The molecular weight excluding hydrogens is 476 g/mol. The first-order chi connectivity index (χ1) is 16.1. The van der Waals surface area contributed by atoms with Crippen LogP contribution in [0.25, 0.3) is 5.69 Å². The Morgan fingerprint density at radius 3 is 2.44 bits per heavy atom. The molecule has 0 bridgehead atoms. The van der Waals surface area contributed by atoms with Crippen LogP contribution >= 0.6 is 0 Å². The first kappa shape index (κ1) is 23.9. The van der Waals surface area contributed by atoms with E-state index in [9.17, 15) is 30.8 Å². The Hall–Kier alpha value is -3.25. The topological polar surface area (TPSA) is 84.3 Å². The number of hydrogen-bond donors (Lipinski definition) is 1. The quantitative estimate of drug-likeness (QED) is 0.540. The summed E-state index contributed by atoms with van der Waals surface area (Å²) in [5.41, 5.74) is -0.525. The normalized spacial score (nSPS) is 15.9. The van der Waals surface area contributed by atoms with Crippen LogP contribution in [0.15, 0.2) is 66.1 Å². The van der Waals surface area contributed by atoms with Crippen molar-refractivity contribution in [1.82, 2.24) is 13.9 Å². The van der Waals surface area contributed by atoms with Crippen molar-refractivity contribution in [3.8, 4) is 5.69 Å². The number of alkyl halides is 3. The number of nitrogens with one attached hydrogen (secondary N) is 1. The van der Waals surface area contributed by atoms with Gasteiger partial charge in [-0.05, 0) is 49.2 Å².